The van der Waals surface area contributed by atoms with Gasteiger partial charge in [-0.2, -0.15) is 65.9 Å². The second-order valence-electron chi connectivity index (χ2n) is 12.6. The summed E-state index contributed by atoms with van der Waals surface area (Å²) in [6.45, 7) is -1.83. The van der Waals surface area contributed by atoms with Crippen molar-refractivity contribution in [3.8, 4) is 17.2 Å². The maximum Gasteiger partial charge on any atom is 0.453 e. The fourth-order valence-corrected chi connectivity index (χ4v) is 4.04. The first-order valence-corrected chi connectivity index (χ1v) is 18.2. The van der Waals surface area contributed by atoms with E-state index in [1.54, 1.807) is 0 Å². The Morgan fingerprint density at radius 2 is 0.809 bits per heavy atom. The zero-order valence-corrected chi connectivity index (χ0v) is 35.0. The number of aromatic carboxylic acids is 1. The number of ether oxygens (including phenoxy) is 4. The summed E-state index contributed by atoms with van der Waals surface area (Å²) in [4.78, 5) is 32.7. The number of alkyl halides is 15. The van der Waals surface area contributed by atoms with Gasteiger partial charge in [-0.3, -0.25) is 0 Å². The maximum atomic E-state index is 13.4. The summed E-state index contributed by atoms with van der Waals surface area (Å²) in [6.07, 6.45) is -23.0. The highest BCUT2D eigenvalue weighted by molar-refractivity contribution is 5.90. The third kappa shape index (κ3) is 22.3. The van der Waals surface area contributed by atoms with Crippen LogP contribution in [0.4, 0.5) is 79.0 Å². The van der Waals surface area contributed by atoms with Crippen LogP contribution < -0.4 is 9.47 Å². The molecular weight excluding hydrogens is 986 g/mol. The number of esters is 2. The molecule has 0 spiro atoms. The molecule has 0 radical (unpaired) electrons. The van der Waals surface area contributed by atoms with Crippen LogP contribution in [0.25, 0.3) is 0 Å². The Balaban J connectivity index is 0. The smallest absolute Gasteiger partial charge is 0.453 e. The van der Waals surface area contributed by atoms with E-state index in [2.05, 4.69) is 9.47 Å². The standard InChI is InChI=1S/C13H12F6O3.C12H10F6O3.C8H7FO3.C5H7F5O.CH4O/c1-21-11(20)8-3-4-9(14)10(7-8)22-6-2-5-12(15,16)13(17,18)19;13-8-3-2-7(10(19)20)6-9(8)21-5-1-4-11(14,15)12(16,17)18;1-12-8(11)5-2-3-6(9)7(10)4-5;6-4(7,2-1-3-11)5(8,9)10;1-2/h3-4,7H,2,5-6H2,1H3;2-3,6H,1,4-5H2,(H,19,20);2-4,10H,1H3;11H,1-3H2;2H,1H3. The maximum absolute atomic E-state index is 13.4. The number of hydrogen-bond donors (Lipinski definition) is 4. The monoisotopic (exact) mass is 1030 g/mol. The third-order valence-corrected chi connectivity index (χ3v) is 7.58. The van der Waals surface area contributed by atoms with Crippen LogP contribution in [-0.4, -0.2) is 116 Å². The first-order valence-electron chi connectivity index (χ1n) is 18.2. The fraction of sp³-hybridized carbons (Fsp3) is 0.462. The minimum Gasteiger partial charge on any atom is -0.505 e. The summed E-state index contributed by atoms with van der Waals surface area (Å²) in [5, 5.41) is 32.5. The number of hydrogen-bond acceptors (Lipinski definition) is 10. The number of carboxylic acid groups (broad SMARTS) is 1. The molecule has 0 heterocycles. The van der Waals surface area contributed by atoms with E-state index in [0.29, 0.717) is 0 Å². The highest BCUT2D eigenvalue weighted by Gasteiger charge is 2.58. The van der Waals surface area contributed by atoms with Gasteiger partial charge in [-0.15, -0.1) is 0 Å². The van der Waals surface area contributed by atoms with Gasteiger partial charge in [0.15, 0.2) is 34.7 Å². The molecule has 0 aliphatic heterocycles. The number of aliphatic hydroxyl groups is 2. The molecule has 388 valence electrons. The van der Waals surface area contributed by atoms with Gasteiger partial charge in [0.05, 0.1) is 44.1 Å². The highest BCUT2D eigenvalue weighted by atomic mass is 19.4. The molecule has 0 aliphatic carbocycles. The molecule has 0 bridgehead atoms. The van der Waals surface area contributed by atoms with Gasteiger partial charge in [0.2, 0.25) is 0 Å². The van der Waals surface area contributed by atoms with Crippen molar-refractivity contribution in [1.82, 2.24) is 0 Å². The molecular formula is C39H40F18O11. The molecule has 11 nitrogen and oxygen atoms in total. The number of halogens is 18. The van der Waals surface area contributed by atoms with Crippen molar-refractivity contribution in [3.63, 3.8) is 0 Å². The summed E-state index contributed by atoms with van der Waals surface area (Å²) < 4.78 is 237. The van der Waals surface area contributed by atoms with E-state index in [-0.39, 0.29) is 16.7 Å². The summed E-state index contributed by atoms with van der Waals surface area (Å²) in [7, 11) is 3.31. The van der Waals surface area contributed by atoms with Crippen LogP contribution in [0.15, 0.2) is 54.6 Å². The Morgan fingerprint density at radius 3 is 1.12 bits per heavy atom. The number of carbonyl (C=O) groups is 3. The van der Waals surface area contributed by atoms with Crippen molar-refractivity contribution in [2.24, 2.45) is 0 Å². The molecule has 68 heavy (non-hydrogen) atoms. The Morgan fingerprint density at radius 1 is 0.500 bits per heavy atom. The first kappa shape index (κ1) is 64.2. The summed E-state index contributed by atoms with van der Waals surface area (Å²) in [5.41, 5.74) is -0.219. The molecule has 0 aliphatic rings. The van der Waals surface area contributed by atoms with Crippen LogP contribution >= 0.6 is 0 Å². The molecule has 4 N–H and O–H groups in total. The van der Waals surface area contributed by atoms with E-state index in [4.69, 9.17) is 29.9 Å². The lowest BCUT2D eigenvalue weighted by Crippen LogP contribution is -2.36. The van der Waals surface area contributed by atoms with Crippen LogP contribution in [0.2, 0.25) is 0 Å². The largest absolute Gasteiger partial charge is 0.505 e. The van der Waals surface area contributed by atoms with Crippen LogP contribution in [0.1, 0.15) is 69.6 Å². The van der Waals surface area contributed by atoms with Crippen LogP contribution in [0.3, 0.4) is 0 Å². The molecule has 0 saturated heterocycles. The second-order valence-corrected chi connectivity index (χ2v) is 12.6. The second kappa shape index (κ2) is 28.5. The zero-order chi connectivity index (χ0) is 53.5. The average Bonchev–Trinajstić information content (AvgIpc) is 3.24. The lowest BCUT2D eigenvalue weighted by atomic mass is 10.2. The van der Waals surface area contributed by atoms with Gasteiger partial charge in [-0.25, -0.2) is 27.6 Å². The van der Waals surface area contributed by atoms with Crippen molar-refractivity contribution in [1.29, 1.82) is 0 Å². The van der Waals surface area contributed by atoms with Crippen LogP contribution in [-0.2, 0) is 9.47 Å². The topological polar surface area (TPSA) is 169 Å². The molecule has 0 saturated carbocycles. The van der Waals surface area contributed by atoms with Gasteiger partial charge >= 0.3 is 54.2 Å². The summed E-state index contributed by atoms with van der Waals surface area (Å²) >= 11 is 0. The molecule has 3 rings (SSSR count). The van der Waals surface area contributed by atoms with Gasteiger partial charge in [0.25, 0.3) is 0 Å². The van der Waals surface area contributed by atoms with Crippen LogP contribution in [0, 0.1) is 17.5 Å². The minimum atomic E-state index is -5.65. The normalized spacial score (nSPS) is 11.7. The van der Waals surface area contributed by atoms with Crippen molar-refractivity contribution in [2.75, 3.05) is 41.2 Å². The van der Waals surface area contributed by atoms with Gasteiger partial charge in [-0.1, -0.05) is 0 Å². The Bertz CT molecular complexity index is 2010. The molecule has 0 fully saturated rings. The SMILES string of the molecule is CO.COC(=O)c1ccc(F)c(O)c1.COC(=O)c1ccc(F)c(OCCCC(F)(F)C(F)(F)F)c1.O=C(O)c1ccc(F)c(OCCCC(F)(F)C(F)(F)F)c1.OCCCC(F)(F)C(F)(F)F. The zero-order valence-electron chi connectivity index (χ0n) is 35.0. The molecule has 3 aromatic carbocycles. The predicted octanol–water partition coefficient (Wildman–Crippen LogP) is 10.7. The summed E-state index contributed by atoms with van der Waals surface area (Å²) in [5.74, 6) is -21.2. The molecule has 0 amide bonds. The van der Waals surface area contributed by atoms with Crippen LogP contribution in [0.5, 0.6) is 17.2 Å². The van der Waals surface area contributed by atoms with E-state index in [9.17, 15) is 93.4 Å². The number of carbonyl (C=O) groups excluding carboxylic acids is 2. The molecule has 0 atom stereocenters. The lowest BCUT2D eigenvalue weighted by molar-refractivity contribution is -0.284. The summed E-state index contributed by atoms with van der Waals surface area (Å²) in [6, 6.07) is 8.81. The number of aromatic hydroxyl groups is 1. The molecule has 0 aromatic heterocycles. The third-order valence-electron chi connectivity index (χ3n) is 7.58. The van der Waals surface area contributed by atoms with E-state index in [0.717, 1.165) is 62.8 Å². The number of rotatable bonds is 16. The number of benzene rings is 3. The van der Waals surface area contributed by atoms with E-state index in [1.165, 1.54) is 13.2 Å². The first-order chi connectivity index (χ1) is 31.1. The van der Waals surface area contributed by atoms with E-state index in [1.807, 2.05) is 0 Å². The van der Waals surface area contributed by atoms with Crippen molar-refractivity contribution < 1.29 is 133 Å². The number of methoxy groups -OCH3 is 2. The molecule has 29 heteroatoms. The number of aliphatic hydroxyl groups excluding tert-OH is 2. The predicted molar refractivity (Wildman–Crippen MR) is 197 cm³/mol. The Labute approximate surface area is 372 Å². The molecule has 3 aromatic rings. The van der Waals surface area contributed by atoms with Gasteiger partial charge in [-0.05, 0) is 73.9 Å². The lowest BCUT2D eigenvalue weighted by Gasteiger charge is -2.19. The minimum absolute atomic E-state index is 0.0421. The van der Waals surface area contributed by atoms with Gasteiger partial charge in [0, 0.05) is 33.0 Å². The number of phenolic OH excluding ortho intramolecular Hbond substituents is 1. The highest BCUT2D eigenvalue weighted by Crippen LogP contribution is 2.40. The van der Waals surface area contributed by atoms with E-state index < -0.39 is 147 Å². The quantitative estimate of drug-likeness (QED) is 0.0612. The Kier molecular flexibility index (Phi) is 26.9. The van der Waals surface area contributed by atoms with Crippen molar-refractivity contribution in [3.05, 3.63) is 88.7 Å². The van der Waals surface area contributed by atoms with Crippen molar-refractivity contribution in [2.45, 2.75) is 74.8 Å². The average molecular weight is 1030 g/mol. The number of phenols is 1. The van der Waals surface area contributed by atoms with Gasteiger partial charge in [0.1, 0.15) is 0 Å². The van der Waals surface area contributed by atoms with Crippen molar-refractivity contribution >= 4 is 17.9 Å². The molecule has 0 unspecified atom stereocenters. The number of carboxylic acids is 1. The van der Waals surface area contributed by atoms with E-state index >= 15 is 0 Å². The Hall–Kier alpha value is -5.87. The van der Waals surface area contributed by atoms with Gasteiger partial charge < -0.3 is 39.4 Å². The fourth-order valence-electron chi connectivity index (χ4n) is 4.04.